The molecule has 0 aliphatic heterocycles. The van der Waals surface area contributed by atoms with Crippen LogP contribution >= 0.6 is 21.6 Å². The molecule has 0 aromatic rings. The Morgan fingerprint density at radius 3 is 2.75 bits per heavy atom. The number of nitrogens with two attached hydrogens (primary N) is 1. The lowest BCUT2D eigenvalue weighted by atomic mass is 10.8. The van der Waals surface area contributed by atoms with E-state index in [0.29, 0.717) is 6.54 Å². The van der Waals surface area contributed by atoms with Crippen LogP contribution in [-0.4, -0.2) is 17.4 Å². The predicted octanol–water partition coefficient (Wildman–Crippen LogP) is 0.873. The molecule has 0 amide bonds. The summed E-state index contributed by atoms with van der Waals surface area (Å²) in [5.74, 6) is 0.851. The van der Waals surface area contributed by atoms with E-state index in [4.69, 9.17) is 5.73 Å². The Hall–Kier alpha value is 0.330. The molecule has 2 nitrogen and oxygen atoms in total. The molecule has 0 saturated heterocycles. The highest BCUT2D eigenvalue weighted by atomic mass is 33.1. The summed E-state index contributed by atoms with van der Waals surface area (Å²) in [6.45, 7) is 2.19. The van der Waals surface area contributed by atoms with Gasteiger partial charge in [-0.05, 0) is 10.8 Å². The Balaban J connectivity index is 2.82. The van der Waals surface area contributed by atoms with Gasteiger partial charge in [-0.15, -0.1) is 0 Å². The molecule has 0 atom stereocenters. The van der Waals surface area contributed by atoms with Crippen molar-refractivity contribution in [2.75, 3.05) is 12.3 Å². The molecule has 0 aliphatic rings. The van der Waals surface area contributed by atoms with Crippen molar-refractivity contribution in [1.29, 1.82) is 0 Å². The summed E-state index contributed by atoms with van der Waals surface area (Å²) < 4.78 is 0. The van der Waals surface area contributed by atoms with E-state index in [1.807, 2.05) is 0 Å². The number of hydrogen-bond acceptors (Lipinski definition) is 4. The summed E-state index contributed by atoms with van der Waals surface area (Å²) in [5, 5.41) is 0.142. The zero-order valence-corrected chi connectivity index (χ0v) is 6.35. The van der Waals surface area contributed by atoms with Gasteiger partial charge in [-0.3, -0.25) is 4.79 Å². The van der Waals surface area contributed by atoms with Crippen LogP contribution in [0.1, 0.15) is 6.92 Å². The molecule has 0 aliphatic carbocycles. The molecule has 8 heavy (non-hydrogen) atoms. The number of rotatable bonds is 3. The average molecular weight is 151 g/mol. The second-order valence-electron chi connectivity index (χ2n) is 1.19. The second-order valence-corrected chi connectivity index (χ2v) is 3.78. The molecule has 0 bridgehead atoms. The van der Waals surface area contributed by atoms with Crippen LogP contribution in [0.25, 0.3) is 0 Å². The van der Waals surface area contributed by atoms with Crippen molar-refractivity contribution in [1.82, 2.24) is 0 Å². The largest absolute Gasteiger partial charge is 0.330 e. The molecule has 4 heteroatoms. The van der Waals surface area contributed by atoms with E-state index >= 15 is 0 Å². The van der Waals surface area contributed by atoms with Gasteiger partial charge in [-0.1, -0.05) is 10.8 Å². The fourth-order valence-corrected chi connectivity index (χ4v) is 1.55. The van der Waals surface area contributed by atoms with Crippen LogP contribution in [0.3, 0.4) is 0 Å². The first kappa shape index (κ1) is 8.33. The molecule has 0 fully saturated rings. The Morgan fingerprint density at radius 2 is 2.38 bits per heavy atom. The van der Waals surface area contributed by atoms with E-state index < -0.39 is 0 Å². The van der Waals surface area contributed by atoms with Gasteiger partial charge in [0.1, 0.15) is 0 Å². The Labute approximate surface area is 57.0 Å². The van der Waals surface area contributed by atoms with Crippen LogP contribution in [0.2, 0.25) is 0 Å². The van der Waals surface area contributed by atoms with Gasteiger partial charge in [-0.25, -0.2) is 0 Å². The Kier molecular flexibility index (Phi) is 5.69. The molecular formula is C4H9NOS2. The highest BCUT2D eigenvalue weighted by molar-refractivity contribution is 8.82. The SMILES string of the molecule is CC(=O)SSCCN. The topological polar surface area (TPSA) is 43.1 Å². The molecule has 0 saturated carbocycles. The fourth-order valence-electron chi connectivity index (χ4n) is 0.173. The summed E-state index contributed by atoms with van der Waals surface area (Å²) in [5.41, 5.74) is 5.17. The van der Waals surface area contributed by atoms with Crippen molar-refractivity contribution in [3.63, 3.8) is 0 Å². The van der Waals surface area contributed by atoms with E-state index in [1.165, 1.54) is 21.6 Å². The van der Waals surface area contributed by atoms with Gasteiger partial charge in [0, 0.05) is 19.2 Å². The molecule has 0 rings (SSSR count). The highest BCUT2D eigenvalue weighted by Crippen LogP contribution is 2.19. The maximum absolute atomic E-state index is 10.2. The first-order valence-corrected chi connectivity index (χ1v) is 4.59. The maximum Gasteiger partial charge on any atom is 0.196 e. The maximum atomic E-state index is 10.2. The summed E-state index contributed by atoms with van der Waals surface area (Å²) >= 11 is 0. The summed E-state index contributed by atoms with van der Waals surface area (Å²) in [4.78, 5) is 10.2. The molecule has 2 N–H and O–H groups in total. The molecule has 0 aromatic heterocycles. The van der Waals surface area contributed by atoms with Crippen LogP contribution in [0.4, 0.5) is 0 Å². The molecule has 48 valence electrons. The zero-order chi connectivity index (χ0) is 6.41. The first-order valence-electron chi connectivity index (χ1n) is 2.27. The third-order valence-electron chi connectivity index (χ3n) is 0.377. The van der Waals surface area contributed by atoms with E-state index in [0.717, 1.165) is 5.75 Å². The predicted molar refractivity (Wildman–Crippen MR) is 39.8 cm³/mol. The number of hydrogen-bond donors (Lipinski definition) is 1. The van der Waals surface area contributed by atoms with Gasteiger partial charge in [0.15, 0.2) is 5.12 Å². The van der Waals surface area contributed by atoms with Crippen molar-refractivity contribution in [3.8, 4) is 0 Å². The quantitative estimate of drug-likeness (QED) is 0.480. The monoisotopic (exact) mass is 151 g/mol. The molecule has 0 heterocycles. The minimum atomic E-state index is 0.142. The van der Waals surface area contributed by atoms with E-state index in [2.05, 4.69) is 0 Å². The number of carbonyl (C=O) groups is 1. The van der Waals surface area contributed by atoms with E-state index in [-0.39, 0.29) is 5.12 Å². The lowest BCUT2D eigenvalue weighted by molar-refractivity contribution is -0.109. The smallest absolute Gasteiger partial charge is 0.196 e. The van der Waals surface area contributed by atoms with E-state index in [9.17, 15) is 4.79 Å². The van der Waals surface area contributed by atoms with Crippen molar-refractivity contribution in [2.45, 2.75) is 6.92 Å². The lowest BCUT2D eigenvalue weighted by Crippen LogP contribution is -2.00. The van der Waals surface area contributed by atoms with Gasteiger partial charge in [-0.2, -0.15) is 0 Å². The van der Waals surface area contributed by atoms with E-state index in [1.54, 1.807) is 6.92 Å². The Bertz CT molecular complexity index is 76.4. The molecule has 0 radical (unpaired) electrons. The van der Waals surface area contributed by atoms with Gasteiger partial charge in [0.25, 0.3) is 0 Å². The highest BCUT2D eigenvalue weighted by Gasteiger charge is 1.91. The third kappa shape index (κ3) is 6.33. The van der Waals surface area contributed by atoms with Crippen LogP contribution < -0.4 is 5.73 Å². The minimum absolute atomic E-state index is 0.142. The van der Waals surface area contributed by atoms with Crippen LogP contribution in [0.5, 0.6) is 0 Å². The third-order valence-corrected chi connectivity index (χ3v) is 2.69. The zero-order valence-electron chi connectivity index (χ0n) is 4.72. The van der Waals surface area contributed by atoms with Crippen molar-refractivity contribution >= 4 is 26.7 Å². The van der Waals surface area contributed by atoms with Gasteiger partial charge < -0.3 is 5.73 Å². The standard InChI is InChI=1S/C4H9NOS2/c1-4(6)8-7-3-2-5/h2-3,5H2,1H3. The summed E-state index contributed by atoms with van der Waals surface area (Å²) in [6, 6.07) is 0. The van der Waals surface area contributed by atoms with Crippen LogP contribution in [-0.2, 0) is 4.79 Å². The second kappa shape index (κ2) is 5.47. The molecule has 0 unspecified atom stereocenters. The molecule has 0 spiro atoms. The van der Waals surface area contributed by atoms with Gasteiger partial charge in [0.2, 0.25) is 0 Å². The van der Waals surface area contributed by atoms with Gasteiger partial charge >= 0.3 is 0 Å². The lowest BCUT2D eigenvalue weighted by Gasteiger charge is -1.90. The van der Waals surface area contributed by atoms with Crippen molar-refractivity contribution in [3.05, 3.63) is 0 Å². The van der Waals surface area contributed by atoms with Crippen LogP contribution in [0, 0.1) is 0 Å². The van der Waals surface area contributed by atoms with Crippen molar-refractivity contribution < 1.29 is 4.79 Å². The van der Waals surface area contributed by atoms with Crippen LogP contribution in [0.15, 0.2) is 0 Å². The summed E-state index contributed by atoms with van der Waals surface area (Å²) in [6.07, 6.45) is 0. The average Bonchev–Trinajstić information content (AvgIpc) is 1.66. The minimum Gasteiger partial charge on any atom is -0.330 e. The van der Waals surface area contributed by atoms with Crippen molar-refractivity contribution in [2.24, 2.45) is 5.73 Å². The molecule has 0 aromatic carbocycles. The number of carbonyl (C=O) groups excluding carboxylic acids is 1. The normalized spacial score (nSPS) is 9.25. The first-order chi connectivity index (χ1) is 3.77. The molecular weight excluding hydrogens is 142 g/mol. The fraction of sp³-hybridized carbons (Fsp3) is 0.750. The Morgan fingerprint density at radius 1 is 1.75 bits per heavy atom. The summed E-state index contributed by atoms with van der Waals surface area (Å²) in [7, 11) is 2.76. The van der Waals surface area contributed by atoms with Gasteiger partial charge in [0.05, 0.1) is 0 Å².